The van der Waals surface area contributed by atoms with Crippen molar-refractivity contribution < 1.29 is 9.59 Å². The van der Waals surface area contributed by atoms with Crippen molar-refractivity contribution in [2.45, 2.75) is 17.0 Å². The fourth-order valence-electron chi connectivity index (χ4n) is 2.81. The van der Waals surface area contributed by atoms with Crippen molar-refractivity contribution in [1.29, 1.82) is 0 Å². The first-order valence-electron chi connectivity index (χ1n) is 6.43. The summed E-state index contributed by atoms with van der Waals surface area (Å²) in [6, 6.07) is 7.39. The van der Waals surface area contributed by atoms with E-state index in [-0.39, 0.29) is 23.0 Å². The Hall–Kier alpha value is -2.35. The molecule has 0 radical (unpaired) electrons. The molecular weight excluding hydrogens is 290 g/mol. The van der Waals surface area contributed by atoms with Gasteiger partial charge in [0.1, 0.15) is 6.33 Å². The van der Waals surface area contributed by atoms with Gasteiger partial charge in [0.05, 0.1) is 5.25 Å². The lowest BCUT2D eigenvalue weighted by molar-refractivity contribution is -0.122. The fourth-order valence-corrected chi connectivity index (χ4v) is 4.27. The number of rotatable bonds is 1. The van der Waals surface area contributed by atoms with Crippen LogP contribution in [0.3, 0.4) is 0 Å². The van der Waals surface area contributed by atoms with Crippen molar-refractivity contribution in [1.82, 2.24) is 15.2 Å². The van der Waals surface area contributed by atoms with Gasteiger partial charge in [0.25, 0.3) is 5.91 Å². The average molecular weight is 301 g/mol. The molecule has 1 aromatic carbocycles. The molecule has 1 fully saturated rings. The molecule has 2 unspecified atom stereocenters. The van der Waals surface area contributed by atoms with Gasteiger partial charge < -0.3 is 5.32 Å². The number of anilines is 2. The van der Waals surface area contributed by atoms with Crippen molar-refractivity contribution in [3.05, 3.63) is 36.2 Å². The average Bonchev–Trinajstić information content (AvgIpc) is 3.13. The van der Waals surface area contributed by atoms with E-state index in [9.17, 15) is 9.59 Å². The third-order valence-electron chi connectivity index (χ3n) is 3.69. The molecule has 8 heteroatoms. The zero-order valence-corrected chi connectivity index (χ0v) is 11.8. The minimum atomic E-state index is -1.12. The van der Waals surface area contributed by atoms with Gasteiger partial charge in [-0.25, -0.2) is 5.10 Å². The molecule has 2 N–H and O–H groups in total. The monoisotopic (exact) mass is 301 g/mol. The Morgan fingerprint density at radius 2 is 2.14 bits per heavy atom. The number of thioether (sulfide) groups is 1. The SMILES string of the molecule is CC1SC2(C(=O)Nc3ccccc32)N(c2ncn[nH]2)C1=O. The molecule has 2 aliphatic rings. The highest BCUT2D eigenvalue weighted by Crippen LogP contribution is 2.55. The number of nitrogens with zero attached hydrogens (tertiary/aromatic N) is 3. The van der Waals surface area contributed by atoms with Crippen LogP contribution in [-0.4, -0.2) is 32.2 Å². The fraction of sp³-hybridized carbons (Fsp3) is 0.231. The van der Waals surface area contributed by atoms with E-state index < -0.39 is 4.87 Å². The summed E-state index contributed by atoms with van der Waals surface area (Å²) in [5.74, 6) is -0.116. The summed E-state index contributed by atoms with van der Waals surface area (Å²) >= 11 is 1.32. The number of fused-ring (bicyclic) bond motifs is 2. The van der Waals surface area contributed by atoms with Crippen molar-refractivity contribution in [3.8, 4) is 0 Å². The Bertz CT molecular complexity index is 747. The molecule has 1 aromatic heterocycles. The number of amides is 2. The number of carbonyl (C=O) groups is 2. The first-order chi connectivity index (χ1) is 10.1. The van der Waals surface area contributed by atoms with Gasteiger partial charge in [-0.2, -0.15) is 10.1 Å². The van der Waals surface area contributed by atoms with Crippen LogP contribution >= 0.6 is 11.8 Å². The van der Waals surface area contributed by atoms with Crippen LogP contribution in [-0.2, 0) is 14.5 Å². The van der Waals surface area contributed by atoms with Gasteiger partial charge in [-0.15, -0.1) is 11.8 Å². The Morgan fingerprint density at radius 1 is 1.33 bits per heavy atom. The maximum absolute atomic E-state index is 12.7. The molecular formula is C13H11N5O2S. The van der Waals surface area contributed by atoms with Gasteiger partial charge in [-0.05, 0) is 13.0 Å². The lowest BCUT2D eigenvalue weighted by atomic mass is 10.1. The van der Waals surface area contributed by atoms with E-state index in [1.807, 2.05) is 24.3 Å². The van der Waals surface area contributed by atoms with Crippen LogP contribution in [0.4, 0.5) is 11.6 Å². The van der Waals surface area contributed by atoms with E-state index in [0.717, 1.165) is 11.3 Å². The third-order valence-corrected chi connectivity index (χ3v) is 5.18. The molecule has 2 aromatic rings. The largest absolute Gasteiger partial charge is 0.323 e. The van der Waals surface area contributed by atoms with Gasteiger partial charge in [0.15, 0.2) is 0 Å². The van der Waals surface area contributed by atoms with Crippen LogP contribution in [0.5, 0.6) is 0 Å². The van der Waals surface area contributed by atoms with Gasteiger partial charge in [0.2, 0.25) is 16.7 Å². The lowest BCUT2D eigenvalue weighted by Gasteiger charge is -2.29. The predicted molar refractivity (Wildman–Crippen MR) is 77.7 cm³/mol. The molecule has 0 bridgehead atoms. The molecule has 0 aliphatic carbocycles. The highest BCUT2D eigenvalue weighted by atomic mass is 32.2. The standard InChI is InChI=1S/C13H11N5O2S/c1-7-10(19)18(12-14-6-15-17-12)13(21-7)8-4-2-3-5-9(8)16-11(13)20/h2-7H,1H3,(H,16,20)(H,14,15,17). The quantitative estimate of drug-likeness (QED) is 0.822. The molecule has 106 valence electrons. The van der Waals surface area contributed by atoms with Gasteiger partial charge in [-0.3, -0.25) is 14.5 Å². The Balaban J connectivity index is 1.97. The Kier molecular flexibility index (Phi) is 2.41. The molecule has 1 saturated heterocycles. The second kappa shape index (κ2) is 4.08. The number of aromatic nitrogens is 3. The van der Waals surface area contributed by atoms with E-state index >= 15 is 0 Å². The van der Waals surface area contributed by atoms with Crippen molar-refractivity contribution in [3.63, 3.8) is 0 Å². The molecule has 7 nitrogen and oxygen atoms in total. The summed E-state index contributed by atoms with van der Waals surface area (Å²) in [7, 11) is 0. The first-order valence-corrected chi connectivity index (χ1v) is 7.31. The summed E-state index contributed by atoms with van der Waals surface area (Å²) in [4.78, 5) is 29.6. The number of carbonyl (C=O) groups excluding carboxylic acids is 2. The van der Waals surface area contributed by atoms with E-state index in [1.165, 1.54) is 23.0 Å². The van der Waals surface area contributed by atoms with Crippen LogP contribution < -0.4 is 10.2 Å². The van der Waals surface area contributed by atoms with Gasteiger partial charge >= 0.3 is 0 Å². The third kappa shape index (κ3) is 1.45. The molecule has 3 heterocycles. The number of nitrogens with one attached hydrogen (secondary N) is 2. The number of para-hydroxylation sites is 1. The maximum atomic E-state index is 12.7. The van der Waals surface area contributed by atoms with E-state index in [1.54, 1.807) is 6.92 Å². The Morgan fingerprint density at radius 3 is 2.90 bits per heavy atom. The van der Waals surface area contributed by atoms with Crippen molar-refractivity contribution >= 4 is 35.2 Å². The minimum absolute atomic E-state index is 0.163. The van der Waals surface area contributed by atoms with Gasteiger partial charge in [-0.1, -0.05) is 18.2 Å². The first kappa shape index (κ1) is 12.4. The van der Waals surface area contributed by atoms with Crippen molar-refractivity contribution in [2.75, 3.05) is 10.2 Å². The molecule has 2 atom stereocenters. The molecule has 4 rings (SSSR count). The number of benzene rings is 1. The van der Waals surface area contributed by atoms with Crippen LogP contribution in [0.25, 0.3) is 0 Å². The molecule has 2 amide bonds. The van der Waals surface area contributed by atoms with Crippen LogP contribution in [0.15, 0.2) is 30.6 Å². The van der Waals surface area contributed by atoms with Crippen molar-refractivity contribution in [2.24, 2.45) is 0 Å². The van der Waals surface area contributed by atoms with Gasteiger partial charge in [0, 0.05) is 11.3 Å². The predicted octanol–water partition coefficient (Wildman–Crippen LogP) is 1.08. The molecule has 1 spiro atoms. The molecule has 2 aliphatic heterocycles. The second-order valence-electron chi connectivity index (χ2n) is 4.89. The highest BCUT2D eigenvalue weighted by Gasteiger charge is 2.61. The number of aromatic amines is 1. The lowest BCUT2D eigenvalue weighted by Crippen LogP contribution is -2.47. The van der Waals surface area contributed by atoms with E-state index in [4.69, 9.17) is 0 Å². The maximum Gasteiger partial charge on any atom is 0.266 e. The summed E-state index contributed by atoms with van der Waals surface area (Å²) in [6.45, 7) is 1.79. The number of H-pyrrole nitrogens is 1. The summed E-state index contributed by atoms with van der Waals surface area (Å²) < 4.78 is 0. The van der Waals surface area contributed by atoms with Crippen LogP contribution in [0, 0.1) is 0 Å². The summed E-state index contributed by atoms with van der Waals surface area (Å²) in [6.07, 6.45) is 1.32. The summed E-state index contributed by atoms with van der Waals surface area (Å²) in [5, 5.41) is 8.98. The van der Waals surface area contributed by atoms with E-state index in [2.05, 4.69) is 20.5 Å². The zero-order chi connectivity index (χ0) is 14.6. The zero-order valence-electron chi connectivity index (χ0n) is 11.0. The normalized spacial score (nSPS) is 27.3. The Labute approximate surface area is 124 Å². The highest BCUT2D eigenvalue weighted by molar-refractivity contribution is 8.03. The van der Waals surface area contributed by atoms with Crippen LogP contribution in [0.2, 0.25) is 0 Å². The smallest absolute Gasteiger partial charge is 0.266 e. The molecule has 21 heavy (non-hydrogen) atoms. The minimum Gasteiger partial charge on any atom is -0.323 e. The van der Waals surface area contributed by atoms with Crippen LogP contribution in [0.1, 0.15) is 12.5 Å². The van der Waals surface area contributed by atoms with E-state index in [0.29, 0.717) is 0 Å². The molecule has 0 saturated carbocycles. The number of hydrogen-bond acceptors (Lipinski definition) is 5. The second-order valence-corrected chi connectivity index (χ2v) is 6.42. The number of hydrogen-bond donors (Lipinski definition) is 2. The topological polar surface area (TPSA) is 91.0 Å². The summed E-state index contributed by atoms with van der Waals surface area (Å²) in [5.41, 5.74) is 1.50.